The summed E-state index contributed by atoms with van der Waals surface area (Å²) < 4.78 is 13.2. The van der Waals surface area contributed by atoms with Crippen molar-refractivity contribution < 1.29 is 9.31 Å². The van der Waals surface area contributed by atoms with Gasteiger partial charge in [0.2, 0.25) is 0 Å². The van der Waals surface area contributed by atoms with Gasteiger partial charge >= 0.3 is 7.12 Å². The molecule has 0 spiro atoms. The van der Waals surface area contributed by atoms with Crippen LogP contribution in [0.5, 0.6) is 0 Å². The van der Waals surface area contributed by atoms with Crippen molar-refractivity contribution in [3.63, 3.8) is 0 Å². The van der Waals surface area contributed by atoms with E-state index in [1.54, 1.807) is 0 Å². The second kappa shape index (κ2) is 7.57. The maximum absolute atomic E-state index is 6.61. The van der Waals surface area contributed by atoms with Crippen molar-refractivity contribution in [1.29, 1.82) is 0 Å². The van der Waals surface area contributed by atoms with Crippen LogP contribution < -0.4 is 0 Å². The van der Waals surface area contributed by atoms with Crippen LogP contribution in [0.2, 0.25) is 0 Å². The third-order valence-electron chi connectivity index (χ3n) is 9.47. The minimum atomic E-state index is -0.335. The molecule has 1 aliphatic heterocycles. The van der Waals surface area contributed by atoms with Gasteiger partial charge in [-0.2, -0.15) is 0 Å². The Morgan fingerprint density at radius 1 is 0.765 bits per heavy atom. The van der Waals surface area contributed by atoms with Crippen LogP contribution in [0.15, 0.2) is 83.9 Å². The summed E-state index contributed by atoms with van der Waals surface area (Å²) in [4.78, 5) is 0. The lowest BCUT2D eigenvalue weighted by atomic mass is 9.52. The van der Waals surface area contributed by atoms with Gasteiger partial charge in [0.25, 0.3) is 0 Å². The third kappa shape index (κ3) is 3.03. The predicted octanol–water partition coefficient (Wildman–Crippen LogP) is 7.37. The van der Waals surface area contributed by atoms with Crippen LogP contribution in [0.1, 0.15) is 58.6 Å². The lowest BCUT2D eigenvalue weighted by Crippen LogP contribution is -2.42. The maximum atomic E-state index is 6.61. The molecule has 1 unspecified atom stereocenters. The fraction of sp³-hybridized carbons (Fsp3) is 0.419. The van der Waals surface area contributed by atoms with Gasteiger partial charge < -0.3 is 9.31 Å². The van der Waals surface area contributed by atoms with Crippen molar-refractivity contribution in [3.8, 4) is 11.1 Å². The average Bonchev–Trinajstić information content (AvgIpc) is 3.24. The summed E-state index contributed by atoms with van der Waals surface area (Å²) in [6, 6.07) is 18.1. The Hall–Kier alpha value is -2.36. The summed E-state index contributed by atoms with van der Waals surface area (Å²) >= 11 is 0. The maximum Gasteiger partial charge on any atom is 0.491 e. The Balaban J connectivity index is 1.49. The molecule has 174 valence electrons. The summed E-state index contributed by atoms with van der Waals surface area (Å²) in [7, 11) is -0.291. The molecule has 2 aromatic rings. The molecule has 0 amide bonds. The van der Waals surface area contributed by atoms with Crippen molar-refractivity contribution in [1.82, 2.24) is 0 Å². The average molecular weight is 450 g/mol. The molecule has 0 saturated carbocycles. The van der Waals surface area contributed by atoms with Gasteiger partial charge in [0.15, 0.2) is 0 Å². The monoisotopic (exact) mass is 450 g/mol. The van der Waals surface area contributed by atoms with E-state index in [0.717, 1.165) is 0 Å². The highest BCUT2D eigenvalue weighted by atomic mass is 16.7. The van der Waals surface area contributed by atoms with Crippen LogP contribution >= 0.6 is 0 Å². The van der Waals surface area contributed by atoms with Gasteiger partial charge in [0, 0.05) is 11.8 Å². The minimum absolute atomic E-state index is 0.291. The zero-order valence-electron chi connectivity index (χ0n) is 21.2. The smallest absolute Gasteiger partial charge is 0.400 e. The molecule has 0 bridgehead atoms. The van der Waals surface area contributed by atoms with Gasteiger partial charge in [-0.1, -0.05) is 86.7 Å². The zero-order chi connectivity index (χ0) is 23.8. The molecule has 4 aliphatic rings. The topological polar surface area (TPSA) is 18.5 Å². The van der Waals surface area contributed by atoms with Crippen molar-refractivity contribution in [3.05, 3.63) is 95.0 Å². The Kier molecular flexibility index (Phi) is 4.93. The van der Waals surface area contributed by atoms with Crippen LogP contribution in [-0.4, -0.2) is 18.3 Å². The summed E-state index contributed by atoms with van der Waals surface area (Å²) in [6.07, 6.45) is 9.18. The highest BCUT2D eigenvalue weighted by Crippen LogP contribution is 2.58. The fourth-order valence-electron chi connectivity index (χ4n) is 6.83. The first-order chi connectivity index (χ1) is 16.2. The van der Waals surface area contributed by atoms with Crippen LogP contribution in [-0.2, 0) is 9.31 Å². The Labute approximate surface area is 204 Å². The molecule has 4 atom stereocenters. The standard InChI is InChI=1S/C31H35BO2/c1-19-20(2)29(32-33-30(3,4)31(5,6)34-32)26-18-12-11-17-25(26)27(19)28-23-15-9-7-13-21(23)22-14-8-10-16-24(22)28/h7-20,25,27-28H,1-6H3/t19-,20+,25?,27+/m0/s1. The van der Waals surface area contributed by atoms with E-state index in [1.807, 2.05) is 0 Å². The third-order valence-corrected chi connectivity index (χ3v) is 9.47. The van der Waals surface area contributed by atoms with E-state index in [2.05, 4.69) is 114 Å². The highest BCUT2D eigenvalue weighted by molar-refractivity contribution is 6.55. The van der Waals surface area contributed by atoms with Gasteiger partial charge in [-0.05, 0) is 78.7 Å². The van der Waals surface area contributed by atoms with Crippen molar-refractivity contribution in [2.24, 2.45) is 23.7 Å². The van der Waals surface area contributed by atoms with E-state index < -0.39 is 0 Å². The molecular weight excluding hydrogens is 415 g/mol. The molecule has 3 heteroatoms. The largest absolute Gasteiger partial charge is 0.491 e. The van der Waals surface area contributed by atoms with E-state index in [0.29, 0.717) is 29.6 Å². The quantitative estimate of drug-likeness (QED) is 0.445. The SMILES string of the molecule is C[C@@H]1[C@@H](C2c3ccccc3-c3ccccc32)C2C=CC=CC2=C(B2OC(C)(C)C(C)(C)O2)[C@@H]1C. The second-order valence-electron chi connectivity index (χ2n) is 11.6. The molecule has 34 heavy (non-hydrogen) atoms. The van der Waals surface area contributed by atoms with E-state index >= 15 is 0 Å². The lowest BCUT2D eigenvalue weighted by Gasteiger charge is -2.46. The van der Waals surface area contributed by atoms with Crippen molar-refractivity contribution >= 4 is 7.12 Å². The molecule has 1 saturated heterocycles. The number of fused-ring (bicyclic) bond motifs is 4. The first-order valence-electron chi connectivity index (χ1n) is 12.8. The molecule has 0 radical (unpaired) electrons. The summed E-state index contributed by atoms with van der Waals surface area (Å²) in [5, 5.41) is 0. The Morgan fingerprint density at radius 3 is 1.91 bits per heavy atom. The van der Waals surface area contributed by atoms with Gasteiger partial charge in [-0.25, -0.2) is 0 Å². The number of rotatable bonds is 2. The number of hydrogen-bond donors (Lipinski definition) is 0. The van der Waals surface area contributed by atoms with Crippen LogP contribution in [0, 0.1) is 23.7 Å². The van der Waals surface area contributed by atoms with E-state index in [-0.39, 0.29) is 18.3 Å². The highest BCUT2D eigenvalue weighted by Gasteiger charge is 2.56. The fourth-order valence-corrected chi connectivity index (χ4v) is 6.83. The second-order valence-corrected chi connectivity index (χ2v) is 11.6. The summed E-state index contributed by atoms with van der Waals surface area (Å²) in [5.74, 6) is 2.04. The first-order valence-corrected chi connectivity index (χ1v) is 12.8. The minimum Gasteiger partial charge on any atom is -0.400 e. The molecule has 1 heterocycles. The number of allylic oxidation sites excluding steroid dienone is 6. The normalized spacial score (nSPS) is 30.9. The van der Waals surface area contributed by atoms with Gasteiger partial charge in [-0.3, -0.25) is 0 Å². The molecule has 0 aromatic heterocycles. The molecule has 2 nitrogen and oxygen atoms in total. The number of benzene rings is 2. The molecule has 2 aromatic carbocycles. The van der Waals surface area contributed by atoms with E-state index in [4.69, 9.17) is 9.31 Å². The molecular formula is C31H35BO2. The molecule has 1 fully saturated rings. The predicted molar refractivity (Wildman–Crippen MR) is 140 cm³/mol. The molecule has 0 N–H and O–H groups in total. The van der Waals surface area contributed by atoms with Crippen LogP contribution in [0.4, 0.5) is 0 Å². The number of hydrogen-bond acceptors (Lipinski definition) is 2. The molecule has 6 rings (SSSR count). The Bertz CT molecular complexity index is 1170. The first kappa shape index (κ1) is 22.1. The lowest BCUT2D eigenvalue weighted by molar-refractivity contribution is 0.00578. The molecule has 3 aliphatic carbocycles. The summed E-state index contributed by atoms with van der Waals surface area (Å²) in [5.41, 5.74) is 7.84. The Morgan fingerprint density at radius 2 is 1.32 bits per heavy atom. The van der Waals surface area contributed by atoms with Gasteiger partial charge in [0.1, 0.15) is 0 Å². The van der Waals surface area contributed by atoms with E-state index in [1.165, 1.54) is 33.3 Å². The zero-order valence-corrected chi connectivity index (χ0v) is 21.2. The van der Waals surface area contributed by atoms with Crippen LogP contribution in [0.3, 0.4) is 0 Å². The van der Waals surface area contributed by atoms with Crippen molar-refractivity contribution in [2.45, 2.75) is 58.7 Å². The van der Waals surface area contributed by atoms with E-state index in [9.17, 15) is 0 Å². The van der Waals surface area contributed by atoms with Crippen molar-refractivity contribution in [2.75, 3.05) is 0 Å². The van der Waals surface area contributed by atoms with Crippen LogP contribution in [0.25, 0.3) is 11.1 Å². The van der Waals surface area contributed by atoms with Gasteiger partial charge in [0.05, 0.1) is 11.2 Å². The van der Waals surface area contributed by atoms with Gasteiger partial charge in [-0.15, -0.1) is 0 Å². The summed E-state index contributed by atoms with van der Waals surface area (Å²) in [6.45, 7) is 13.4.